The van der Waals surface area contributed by atoms with Crippen LogP contribution in [0.5, 0.6) is 0 Å². The fourth-order valence-corrected chi connectivity index (χ4v) is 2.42. The number of hydrogen-bond donors (Lipinski definition) is 0. The van der Waals surface area contributed by atoms with Gasteiger partial charge in [0, 0.05) is 17.9 Å². The summed E-state index contributed by atoms with van der Waals surface area (Å²) in [6, 6.07) is 0. The summed E-state index contributed by atoms with van der Waals surface area (Å²) in [5, 5.41) is 0. The Hall–Kier alpha value is -2.16. The predicted molar refractivity (Wildman–Crippen MR) is 98.5 cm³/mol. The Morgan fingerprint density at radius 1 is 1.21 bits per heavy atom. The van der Waals surface area contributed by atoms with Crippen LogP contribution in [-0.2, 0) is 14.3 Å². The summed E-state index contributed by atoms with van der Waals surface area (Å²) >= 11 is 0. The van der Waals surface area contributed by atoms with Crippen molar-refractivity contribution < 1.29 is 14.3 Å². The molecule has 0 aliphatic heterocycles. The van der Waals surface area contributed by atoms with Gasteiger partial charge in [0.2, 0.25) is 0 Å². The lowest BCUT2D eigenvalue weighted by Crippen LogP contribution is -2.01. The third-order valence-corrected chi connectivity index (χ3v) is 3.79. The molecule has 0 aromatic rings. The summed E-state index contributed by atoms with van der Waals surface area (Å²) in [5.41, 5.74) is 0.852. The zero-order valence-electron chi connectivity index (χ0n) is 14.7. The summed E-state index contributed by atoms with van der Waals surface area (Å²) in [6.45, 7) is 2.11. The largest absolute Gasteiger partial charge is 0.469 e. The second-order valence-electron chi connectivity index (χ2n) is 5.67. The number of allylic oxidation sites excluding steroid dienone is 10. The quantitative estimate of drug-likeness (QED) is 0.249. The van der Waals surface area contributed by atoms with Gasteiger partial charge >= 0.3 is 5.97 Å². The van der Waals surface area contributed by atoms with E-state index in [0.29, 0.717) is 6.42 Å². The number of hydrogen-bond acceptors (Lipinski definition) is 3. The van der Waals surface area contributed by atoms with Crippen molar-refractivity contribution in [2.75, 3.05) is 7.11 Å². The number of rotatable bonds is 10. The van der Waals surface area contributed by atoms with Crippen molar-refractivity contribution in [3.63, 3.8) is 0 Å². The van der Waals surface area contributed by atoms with E-state index in [1.54, 1.807) is 6.08 Å². The van der Waals surface area contributed by atoms with Crippen molar-refractivity contribution in [3.05, 3.63) is 60.3 Å². The molecule has 0 heterocycles. The van der Waals surface area contributed by atoms with E-state index < -0.39 is 0 Å². The van der Waals surface area contributed by atoms with E-state index in [0.717, 1.165) is 37.7 Å². The molecule has 0 N–H and O–H groups in total. The normalized spacial score (nSPS) is 19.5. The maximum atomic E-state index is 11.9. The van der Waals surface area contributed by atoms with Crippen LogP contribution in [-0.4, -0.2) is 18.9 Å². The molecule has 0 bridgehead atoms. The number of ketones is 1. The van der Waals surface area contributed by atoms with Crippen LogP contribution >= 0.6 is 0 Å². The molecule has 0 saturated carbocycles. The lowest BCUT2D eigenvalue weighted by Gasteiger charge is -2.06. The van der Waals surface area contributed by atoms with E-state index >= 15 is 0 Å². The molecular weight excluding hydrogens is 300 g/mol. The predicted octanol–water partition coefficient (Wildman–Crippen LogP) is 4.87. The van der Waals surface area contributed by atoms with Gasteiger partial charge in [-0.05, 0) is 38.2 Å². The highest BCUT2D eigenvalue weighted by Gasteiger charge is 2.20. The minimum atomic E-state index is -0.168. The lowest BCUT2D eigenvalue weighted by atomic mass is 9.97. The van der Waals surface area contributed by atoms with Gasteiger partial charge < -0.3 is 4.74 Å². The molecular formula is C21H28O3. The van der Waals surface area contributed by atoms with E-state index in [1.807, 2.05) is 18.2 Å². The number of unbranched alkanes of at least 4 members (excludes halogenated alkanes) is 1. The Bertz CT molecular complexity index is 547. The molecule has 0 saturated heterocycles. The van der Waals surface area contributed by atoms with Crippen LogP contribution in [0.2, 0.25) is 0 Å². The Morgan fingerprint density at radius 2 is 2.04 bits per heavy atom. The summed E-state index contributed by atoms with van der Waals surface area (Å²) in [7, 11) is 1.41. The van der Waals surface area contributed by atoms with Crippen molar-refractivity contribution in [3.8, 4) is 0 Å². The van der Waals surface area contributed by atoms with Gasteiger partial charge in [0.1, 0.15) is 0 Å². The standard InChI is InChI=1S/C21H28O3/c1-3-4-5-6-7-11-14-19-18(16-17-20(19)22)13-10-8-9-12-15-21(23)24-2/h4-5,7-8,10-11,14,16-18H,3,6,9,12-13,15H2,1-2H3/b5-4-,10-8-,11-7+,19-14+. The van der Waals surface area contributed by atoms with Crippen molar-refractivity contribution in [1.29, 1.82) is 0 Å². The Morgan fingerprint density at radius 3 is 2.79 bits per heavy atom. The fraction of sp³-hybridized carbons (Fsp3) is 0.429. The molecule has 0 radical (unpaired) electrons. The van der Waals surface area contributed by atoms with E-state index in [-0.39, 0.29) is 17.7 Å². The second kappa shape index (κ2) is 12.3. The molecule has 0 aromatic heterocycles. The lowest BCUT2D eigenvalue weighted by molar-refractivity contribution is -0.140. The van der Waals surface area contributed by atoms with Gasteiger partial charge in [-0.3, -0.25) is 9.59 Å². The van der Waals surface area contributed by atoms with Crippen LogP contribution in [0.15, 0.2) is 60.3 Å². The van der Waals surface area contributed by atoms with E-state index in [9.17, 15) is 9.59 Å². The molecule has 1 aliphatic rings. The van der Waals surface area contributed by atoms with Crippen LogP contribution in [0.4, 0.5) is 0 Å². The van der Waals surface area contributed by atoms with Crippen molar-refractivity contribution in [2.45, 2.75) is 45.4 Å². The molecule has 0 aromatic carbocycles. The molecule has 1 aliphatic carbocycles. The van der Waals surface area contributed by atoms with Crippen LogP contribution < -0.4 is 0 Å². The molecule has 1 rings (SSSR count). The van der Waals surface area contributed by atoms with Gasteiger partial charge in [0.25, 0.3) is 0 Å². The molecule has 130 valence electrons. The first-order valence-corrected chi connectivity index (χ1v) is 8.65. The molecule has 0 amide bonds. The minimum Gasteiger partial charge on any atom is -0.469 e. The Kier molecular flexibility index (Phi) is 10.2. The van der Waals surface area contributed by atoms with Gasteiger partial charge in [-0.1, -0.05) is 55.5 Å². The Labute approximate surface area is 145 Å². The van der Waals surface area contributed by atoms with Crippen LogP contribution in [0.3, 0.4) is 0 Å². The van der Waals surface area contributed by atoms with Gasteiger partial charge in [-0.15, -0.1) is 0 Å². The highest BCUT2D eigenvalue weighted by molar-refractivity contribution is 6.07. The third-order valence-electron chi connectivity index (χ3n) is 3.79. The molecule has 1 unspecified atom stereocenters. The summed E-state index contributed by atoms with van der Waals surface area (Å²) < 4.78 is 4.60. The third kappa shape index (κ3) is 7.91. The summed E-state index contributed by atoms with van der Waals surface area (Å²) in [5.74, 6) is 0.0940. The SMILES string of the molecule is CC/C=C\C/C=C/C=C1/C(=O)C=CC1C/C=C\CCCC(=O)OC. The summed E-state index contributed by atoms with van der Waals surface area (Å²) in [4.78, 5) is 22.9. The number of esters is 1. The van der Waals surface area contributed by atoms with Crippen molar-refractivity contribution in [2.24, 2.45) is 5.92 Å². The number of carbonyl (C=O) groups excluding carboxylic acids is 2. The molecule has 3 nitrogen and oxygen atoms in total. The maximum absolute atomic E-state index is 11.9. The topological polar surface area (TPSA) is 43.4 Å². The smallest absolute Gasteiger partial charge is 0.305 e. The first kappa shape index (κ1) is 19.9. The van der Waals surface area contributed by atoms with Crippen LogP contribution in [0.1, 0.15) is 45.4 Å². The van der Waals surface area contributed by atoms with E-state index in [1.165, 1.54) is 7.11 Å². The van der Waals surface area contributed by atoms with Gasteiger partial charge in [-0.2, -0.15) is 0 Å². The van der Waals surface area contributed by atoms with Gasteiger partial charge in [0.15, 0.2) is 5.78 Å². The first-order valence-electron chi connectivity index (χ1n) is 8.65. The molecule has 0 spiro atoms. The van der Waals surface area contributed by atoms with Crippen LogP contribution in [0, 0.1) is 5.92 Å². The first-order chi connectivity index (χ1) is 11.7. The molecule has 3 heteroatoms. The monoisotopic (exact) mass is 328 g/mol. The average Bonchev–Trinajstić information content (AvgIpc) is 2.94. The minimum absolute atomic E-state index is 0.104. The maximum Gasteiger partial charge on any atom is 0.305 e. The number of methoxy groups -OCH3 is 1. The zero-order chi connectivity index (χ0) is 17.6. The molecule has 1 atom stereocenters. The molecule has 24 heavy (non-hydrogen) atoms. The van der Waals surface area contributed by atoms with E-state index in [4.69, 9.17) is 0 Å². The fourth-order valence-electron chi connectivity index (χ4n) is 2.42. The summed E-state index contributed by atoms with van der Waals surface area (Å²) in [6.07, 6.45) is 22.8. The molecule has 0 fully saturated rings. The van der Waals surface area contributed by atoms with Crippen molar-refractivity contribution >= 4 is 11.8 Å². The highest BCUT2D eigenvalue weighted by atomic mass is 16.5. The average molecular weight is 328 g/mol. The second-order valence-corrected chi connectivity index (χ2v) is 5.67. The van der Waals surface area contributed by atoms with Crippen LogP contribution in [0.25, 0.3) is 0 Å². The van der Waals surface area contributed by atoms with Crippen molar-refractivity contribution in [1.82, 2.24) is 0 Å². The van der Waals surface area contributed by atoms with E-state index in [2.05, 4.69) is 42.0 Å². The highest BCUT2D eigenvalue weighted by Crippen LogP contribution is 2.25. The zero-order valence-corrected chi connectivity index (χ0v) is 14.7. The number of ether oxygens (including phenoxy) is 1. The van der Waals surface area contributed by atoms with Gasteiger partial charge in [0.05, 0.1) is 7.11 Å². The Balaban J connectivity index is 2.40. The van der Waals surface area contributed by atoms with Gasteiger partial charge in [-0.25, -0.2) is 0 Å². The number of carbonyl (C=O) groups is 2.